The zero-order valence-corrected chi connectivity index (χ0v) is 22.9. The second-order valence-corrected chi connectivity index (χ2v) is 11.6. The van der Waals surface area contributed by atoms with Crippen LogP contribution in [0.3, 0.4) is 0 Å². The van der Waals surface area contributed by atoms with Gasteiger partial charge in [-0.2, -0.15) is 0 Å². The average Bonchev–Trinajstić information content (AvgIpc) is 3.60. The Balaban J connectivity index is 1.37. The number of para-hydroxylation sites is 2. The Morgan fingerprint density at radius 3 is 2.00 bits per heavy atom. The summed E-state index contributed by atoms with van der Waals surface area (Å²) in [5.41, 5.74) is 5.14. The minimum atomic E-state index is 0.892. The minimum Gasteiger partial charge on any atom is -0.456 e. The van der Waals surface area contributed by atoms with Crippen molar-refractivity contribution >= 4 is 92.1 Å². The van der Waals surface area contributed by atoms with E-state index in [2.05, 4.69) is 132 Å². The van der Waals surface area contributed by atoms with Crippen molar-refractivity contribution in [3.05, 3.63) is 140 Å². The third kappa shape index (κ3) is 3.36. The van der Waals surface area contributed by atoms with Crippen molar-refractivity contribution < 1.29 is 4.42 Å². The van der Waals surface area contributed by atoms with Crippen LogP contribution < -0.4 is 4.90 Å². The fourth-order valence-corrected chi connectivity index (χ4v) is 7.60. The molecule has 2 nitrogen and oxygen atoms in total. The van der Waals surface area contributed by atoms with Crippen LogP contribution >= 0.6 is 11.3 Å². The molecule has 0 unspecified atom stereocenters. The lowest BCUT2D eigenvalue weighted by molar-refractivity contribution is 0.669. The molecular weight excluding hydrogens is 518 g/mol. The van der Waals surface area contributed by atoms with Crippen molar-refractivity contribution in [3.63, 3.8) is 0 Å². The number of nitrogens with zero attached hydrogens (tertiary/aromatic N) is 1. The molecular formula is C38H23NOS. The Morgan fingerprint density at radius 2 is 1.12 bits per heavy atom. The molecule has 0 atom stereocenters. The molecule has 2 aromatic heterocycles. The van der Waals surface area contributed by atoms with Crippen molar-refractivity contribution in [2.75, 3.05) is 4.90 Å². The predicted octanol–water partition coefficient (Wildman–Crippen LogP) is 11.7. The summed E-state index contributed by atoms with van der Waals surface area (Å²) >= 11 is 1.87. The van der Waals surface area contributed by atoms with Gasteiger partial charge in [0.15, 0.2) is 0 Å². The van der Waals surface area contributed by atoms with Gasteiger partial charge in [-0.25, -0.2) is 0 Å². The Bertz CT molecular complexity index is 2430. The highest BCUT2D eigenvalue weighted by molar-refractivity contribution is 7.26. The smallest absolute Gasteiger partial charge is 0.137 e. The number of anilines is 3. The summed E-state index contributed by atoms with van der Waals surface area (Å²) < 4.78 is 8.93. The fourth-order valence-electron chi connectivity index (χ4n) is 6.43. The van der Waals surface area contributed by atoms with Crippen molar-refractivity contribution in [1.29, 1.82) is 0 Å². The van der Waals surface area contributed by atoms with Gasteiger partial charge in [-0.3, -0.25) is 0 Å². The molecule has 2 heterocycles. The number of benzene rings is 7. The molecule has 0 amide bonds. The first-order valence-electron chi connectivity index (χ1n) is 13.9. The molecule has 0 saturated heterocycles. The molecule has 0 radical (unpaired) electrons. The highest BCUT2D eigenvalue weighted by atomic mass is 32.1. The summed E-state index contributed by atoms with van der Waals surface area (Å²) in [6.45, 7) is 0. The minimum absolute atomic E-state index is 0.892. The van der Waals surface area contributed by atoms with Gasteiger partial charge in [0.05, 0.1) is 5.69 Å². The van der Waals surface area contributed by atoms with Gasteiger partial charge in [0.25, 0.3) is 0 Å². The number of rotatable bonds is 3. The zero-order chi connectivity index (χ0) is 26.9. The summed E-state index contributed by atoms with van der Waals surface area (Å²) in [6.07, 6.45) is 0. The number of fused-ring (bicyclic) bond motifs is 10. The van der Waals surface area contributed by atoms with Crippen LogP contribution in [0.2, 0.25) is 0 Å². The van der Waals surface area contributed by atoms with E-state index in [1.807, 2.05) is 23.5 Å². The van der Waals surface area contributed by atoms with Crippen LogP contribution in [0.5, 0.6) is 0 Å². The SMILES string of the molecule is c1ccc(N(c2ccc3c(c2)oc2ccccc23)c2cc3sc4ccc5ccccc5c4c3c3ccccc23)cc1. The Morgan fingerprint density at radius 1 is 0.439 bits per heavy atom. The van der Waals surface area contributed by atoms with E-state index in [4.69, 9.17) is 4.42 Å². The first-order valence-corrected chi connectivity index (χ1v) is 14.7. The molecule has 0 spiro atoms. The normalized spacial score (nSPS) is 11.9. The van der Waals surface area contributed by atoms with Gasteiger partial charge >= 0.3 is 0 Å². The molecule has 0 aliphatic carbocycles. The maximum Gasteiger partial charge on any atom is 0.137 e. The molecule has 0 aliphatic rings. The monoisotopic (exact) mass is 541 g/mol. The first kappa shape index (κ1) is 22.7. The van der Waals surface area contributed by atoms with Crippen LogP contribution in [0, 0.1) is 0 Å². The summed E-state index contributed by atoms with van der Waals surface area (Å²) in [5, 5.41) is 10.0. The summed E-state index contributed by atoms with van der Waals surface area (Å²) in [6, 6.07) is 50.0. The van der Waals surface area contributed by atoms with E-state index in [1.165, 1.54) is 41.7 Å². The Kier molecular flexibility index (Phi) is 4.80. The van der Waals surface area contributed by atoms with E-state index in [0.717, 1.165) is 39.0 Å². The van der Waals surface area contributed by atoms with Crippen LogP contribution in [0.4, 0.5) is 17.1 Å². The highest BCUT2D eigenvalue weighted by Gasteiger charge is 2.21. The molecule has 0 fully saturated rings. The second-order valence-electron chi connectivity index (χ2n) is 10.5. The quantitative estimate of drug-likeness (QED) is 0.221. The lowest BCUT2D eigenvalue weighted by atomic mass is 9.98. The summed E-state index contributed by atoms with van der Waals surface area (Å²) in [7, 11) is 0. The van der Waals surface area contributed by atoms with E-state index in [9.17, 15) is 0 Å². The molecule has 7 aromatic carbocycles. The molecule has 41 heavy (non-hydrogen) atoms. The molecule has 0 bridgehead atoms. The van der Waals surface area contributed by atoms with E-state index < -0.39 is 0 Å². The Labute approximate surface area is 240 Å². The van der Waals surface area contributed by atoms with Gasteiger partial charge in [-0.05, 0) is 58.6 Å². The van der Waals surface area contributed by atoms with E-state index in [-0.39, 0.29) is 0 Å². The van der Waals surface area contributed by atoms with Gasteiger partial charge < -0.3 is 9.32 Å². The van der Waals surface area contributed by atoms with Crippen LogP contribution in [0.15, 0.2) is 144 Å². The maximum atomic E-state index is 6.33. The van der Waals surface area contributed by atoms with Crippen LogP contribution in [0.1, 0.15) is 0 Å². The second kappa shape index (κ2) is 8.69. The summed E-state index contributed by atoms with van der Waals surface area (Å²) in [5.74, 6) is 0. The van der Waals surface area contributed by atoms with Crippen LogP contribution in [0.25, 0.3) is 63.7 Å². The van der Waals surface area contributed by atoms with E-state index in [1.54, 1.807) is 0 Å². The number of hydrogen-bond acceptors (Lipinski definition) is 3. The van der Waals surface area contributed by atoms with Gasteiger partial charge in [-0.1, -0.05) is 91.0 Å². The predicted molar refractivity (Wildman–Crippen MR) is 176 cm³/mol. The molecule has 9 rings (SSSR count). The fraction of sp³-hybridized carbons (Fsp3) is 0. The van der Waals surface area contributed by atoms with Gasteiger partial charge in [-0.15, -0.1) is 11.3 Å². The lowest BCUT2D eigenvalue weighted by Crippen LogP contribution is -2.10. The van der Waals surface area contributed by atoms with Crippen molar-refractivity contribution in [2.45, 2.75) is 0 Å². The van der Waals surface area contributed by atoms with E-state index in [0.29, 0.717) is 0 Å². The largest absolute Gasteiger partial charge is 0.456 e. The first-order chi connectivity index (χ1) is 20.3. The molecule has 0 saturated carbocycles. The molecule has 0 N–H and O–H groups in total. The Hall–Kier alpha value is -5.12. The topological polar surface area (TPSA) is 16.4 Å². The van der Waals surface area contributed by atoms with Gasteiger partial charge in [0.2, 0.25) is 0 Å². The molecule has 0 aliphatic heterocycles. The van der Waals surface area contributed by atoms with Gasteiger partial charge in [0, 0.05) is 53.8 Å². The molecule has 3 heteroatoms. The third-order valence-corrected chi connectivity index (χ3v) is 9.33. The highest BCUT2D eigenvalue weighted by Crippen LogP contribution is 2.48. The molecule has 9 aromatic rings. The number of furan rings is 1. The van der Waals surface area contributed by atoms with Crippen molar-refractivity contribution in [2.24, 2.45) is 0 Å². The van der Waals surface area contributed by atoms with Crippen LogP contribution in [-0.4, -0.2) is 0 Å². The standard InChI is InChI=1S/C38H23NOS/c1-2-11-25(12-3-1)39(26-19-20-30-29-15-8-9-17-33(29)40-34(30)22-26)32-23-36-38(31-16-7-6-14-28(31)32)37-27-13-5-4-10-24(27)18-21-35(37)41-36/h1-23H. The maximum absolute atomic E-state index is 6.33. The third-order valence-electron chi connectivity index (χ3n) is 8.22. The summed E-state index contributed by atoms with van der Waals surface area (Å²) in [4.78, 5) is 2.37. The van der Waals surface area contributed by atoms with Crippen LogP contribution in [-0.2, 0) is 0 Å². The van der Waals surface area contributed by atoms with Crippen molar-refractivity contribution in [1.82, 2.24) is 0 Å². The number of hydrogen-bond donors (Lipinski definition) is 0. The lowest BCUT2D eigenvalue weighted by Gasteiger charge is -2.27. The zero-order valence-electron chi connectivity index (χ0n) is 22.0. The molecule has 192 valence electrons. The van der Waals surface area contributed by atoms with E-state index >= 15 is 0 Å². The van der Waals surface area contributed by atoms with Gasteiger partial charge in [0.1, 0.15) is 11.2 Å². The average molecular weight is 542 g/mol. The van der Waals surface area contributed by atoms with Crippen molar-refractivity contribution in [3.8, 4) is 0 Å². The number of thiophene rings is 1.